The van der Waals surface area contributed by atoms with E-state index in [1.807, 2.05) is 30.3 Å². The molecule has 1 heterocycles. The van der Waals surface area contributed by atoms with Crippen LogP contribution in [0.5, 0.6) is 5.75 Å². The first-order chi connectivity index (χ1) is 15.9. The number of amides is 2. The number of fused-ring (bicyclic) bond motifs is 1. The Kier molecular flexibility index (Phi) is 6.22. The Balaban J connectivity index is 1.48. The maximum absolute atomic E-state index is 13.0. The van der Waals surface area contributed by atoms with E-state index >= 15 is 0 Å². The first kappa shape index (κ1) is 21.8. The predicted octanol–water partition coefficient (Wildman–Crippen LogP) is 4.74. The SMILES string of the molecule is CC(=O)Nc1cccc(NC(=O)COc2ccc3c(=O)c(-c4ccccc4)c(C)oc3c2)c1. The fraction of sp³-hybridized carbons (Fsp3) is 0.115. The summed E-state index contributed by atoms with van der Waals surface area (Å²) in [6.07, 6.45) is 0. The molecule has 1 aromatic heterocycles. The molecule has 33 heavy (non-hydrogen) atoms. The Morgan fingerprint density at radius 1 is 0.909 bits per heavy atom. The number of carbonyl (C=O) groups is 2. The molecule has 0 atom stereocenters. The van der Waals surface area contributed by atoms with E-state index in [9.17, 15) is 14.4 Å². The van der Waals surface area contributed by atoms with Gasteiger partial charge in [0, 0.05) is 24.4 Å². The first-order valence-electron chi connectivity index (χ1n) is 10.3. The Morgan fingerprint density at radius 2 is 1.64 bits per heavy atom. The molecule has 0 aliphatic rings. The van der Waals surface area contributed by atoms with Gasteiger partial charge < -0.3 is 19.8 Å². The second-order valence-electron chi connectivity index (χ2n) is 7.49. The number of carbonyl (C=O) groups excluding carboxylic acids is 2. The lowest BCUT2D eigenvalue weighted by molar-refractivity contribution is -0.118. The van der Waals surface area contributed by atoms with Gasteiger partial charge in [0.15, 0.2) is 6.61 Å². The van der Waals surface area contributed by atoms with E-state index in [1.165, 1.54) is 6.92 Å². The maximum Gasteiger partial charge on any atom is 0.262 e. The highest BCUT2D eigenvalue weighted by molar-refractivity contribution is 5.94. The van der Waals surface area contributed by atoms with Crippen LogP contribution >= 0.6 is 0 Å². The molecule has 0 fully saturated rings. The van der Waals surface area contributed by atoms with Gasteiger partial charge in [-0.25, -0.2) is 0 Å². The summed E-state index contributed by atoms with van der Waals surface area (Å²) in [5.41, 5.74) is 2.70. The highest BCUT2D eigenvalue weighted by Crippen LogP contribution is 2.26. The standard InChI is InChI=1S/C26H22N2O5/c1-16-25(18-7-4-3-5-8-18)26(31)22-12-11-21(14-23(22)33-16)32-15-24(30)28-20-10-6-9-19(13-20)27-17(2)29/h3-14H,15H2,1-2H3,(H,27,29)(H,28,30). The maximum atomic E-state index is 13.0. The normalized spacial score (nSPS) is 10.6. The summed E-state index contributed by atoms with van der Waals surface area (Å²) < 4.78 is 11.5. The minimum absolute atomic E-state index is 0.122. The zero-order chi connectivity index (χ0) is 23.4. The number of benzene rings is 3. The Morgan fingerprint density at radius 3 is 2.36 bits per heavy atom. The predicted molar refractivity (Wildman–Crippen MR) is 128 cm³/mol. The molecule has 0 aliphatic heterocycles. The van der Waals surface area contributed by atoms with Crippen LogP contribution in [0.1, 0.15) is 12.7 Å². The zero-order valence-electron chi connectivity index (χ0n) is 18.2. The van der Waals surface area contributed by atoms with Crippen molar-refractivity contribution in [3.05, 3.63) is 88.8 Å². The smallest absolute Gasteiger partial charge is 0.262 e. The highest BCUT2D eigenvalue weighted by atomic mass is 16.5. The molecule has 2 amide bonds. The number of anilines is 2. The fourth-order valence-corrected chi connectivity index (χ4v) is 3.54. The number of nitrogens with one attached hydrogen (secondary N) is 2. The van der Waals surface area contributed by atoms with E-state index in [4.69, 9.17) is 9.15 Å². The average molecular weight is 442 g/mol. The molecule has 7 nitrogen and oxygen atoms in total. The van der Waals surface area contributed by atoms with Crippen molar-refractivity contribution in [1.82, 2.24) is 0 Å². The van der Waals surface area contributed by atoms with E-state index in [0.717, 1.165) is 5.56 Å². The second-order valence-corrected chi connectivity index (χ2v) is 7.49. The molecule has 7 heteroatoms. The summed E-state index contributed by atoms with van der Waals surface area (Å²) >= 11 is 0. The number of hydrogen-bond acceptors (Lipinski definition) is 5. The third-order valence-corrected chi connectivity index (χ3v) is 4.94. The van der Waals surface area contributed by atoms with Crippen molar-refractivity contribution in [2.24, 2.45) is 0 Å². The molecular formula is C26H22N2O5. The lowest BCUT2D eigenvalue weighted by Gasteiger charge is -2.10. The van der Waals surface area contributed by atoms with Crippen LogP contribution < -0.4 is 20.8 Å². The molecule has 0 radical (unpaired) electrons. The minimum atomic E-state index is -0.368. The quantitative estimate of drug-likeness (QED) is 0.449. The van der Waals surface area contributed by atoms with Crippen LogP contribution in [0.4, 0.5) is 11.4 Å². The molecule has 0 saturated carbocycles. The Bertz CT molecular complexity index is 1390. The highest BCUT2D eigenvalue weighted by Gasteiger charge is 2.14. The van der Waals surface area contributed by atoms with Crippen LogP contribution in [0.25, 0.3) is 22.1 Å². The number of hydrogen-bond donors (Lipinski definition) is 2. The van der Waals surface area contributed by atoms with Crippen molar-refractivity contribution in [3.63, 3.8) is 0 Å². The lowest BCUT2D eigenvalue weighted by Crippen LogP contribution is -2.20. The molecule has 0 bridgehead atoms. The van der Waals surface area contributed by atoms with Crippen LogP contribution in [-0.4, -0.2) is 18.4 Å². The van der Waals surface area contributed by atoms with Gasteiger partial charge in [-0.2, -0.15) is 0 Å². The van der Waals surface area contributed by atoms with Gasteiger partial charge in [-0.05, 0) is 42.8 Å². The van der Waals surface area contributed by atoms with Crippen molar-refractivity contribution in [3.8, 4) is 16.9 Å². The number of ether oxygens (including phenoxy) is 1. The van der Waals surface area contributed by atoms with Crippen molar-refractivity contribution in [2.75, 3.05) is 17.2 Å². The van der Waals surface area contributed by atoms with Crippen molar-refractivity contribution >= 4 is 34.2 Å². The van der Waals surface area contributed by atoms with Crippen LogP contribution in [0.3, 0.4) is 0 Å². The number of rotatable bonds is 6. The fourth-order valence-electron chi connectivity index (χ4n) is 3.54. The summed E-state index contributed by atoms with van der Waals surface area (Å²) in [6.45, 7) is 2.93. The van der Waals surface area contributed by atoms with Gasteiger partial charge in [0.25, 0.3) is 5.91 Å². The summed E-state index contributed by atoms with van der Waals surface area (Å²) in [6, 6.07) is 21.0. The van der Waals surface area contributed by atoms with E-state index in [2.05, 4.69) is 10.6 Å². The summed E-state index contributed by atoms with van der Waals surface area (Å²) in [4.78, 5) is 36.5. The van der Waals surface area contributed by atoms with Crippen LogP contribution in [-0.2, 0) is 9.59 Å². The van der Waals surface area contributed by atoms with Crippen LogP contribution in [0.15, 0.2) is 82.0 Å². The van der Waals surface area contributed by atoms with Crippen LogP contribution in [0.2, 0.25) is 0 Å². The summed E-state index contributed by atoms with van der Waals surface area (Å²) in [5, 5.41) is 5.81. The van der Waals surface area contributed by atoms with Gasteiger partial charge in [-0.1, -0.05) is 36.4 Å². The third kappa shape index (κ3) is 5.10. The van der Waals surface area contributed by atoms with Gasteiger partial charge in [-0.3, -0.25) is 14.4 Å². The van der Waals surface area contributed by atoms with Gasteiger partial charge in [-0.15, -0.1) is 0 Å². The molecular weight excluding hydrogens is 420 g/mol. The molecule has 3 aromatic carbocycles. The largest absolute Gasteiger partial charge is 0.484 e. The monoisotopic (exact) mass is 442 g/mol. The molecule has 0 saturated heterocycles. The van der Waals surface area contributed by atoms with Gasteiger partial charge in [0.2, 0.25) is 11.3 Å². The molecule has 0 unspecified atom stereocenters. The van der Waals surface area contributed by atoms with E-state index in [-0.39, 0.29) is 23.9 Å². The number of aryl methyl sites for hydroxylation is 1. The molecule has 166 valence electrons. The molecule has 0 aliphatic carbocycles. The second kappa shape index (κ2) is 9.40. The van der Waals surface area contributed by atoms with Crippen molar-refractivity contribution in [2.45, 2.75) is 13.8 Å². The van der Waals surface area contributed by atoms with Crippen molar-refractivity contribution < 1.29 is 18.7 Å². The van der Waals surface area contributed by atoms with E-state index in [1.54, 1.807) is 49.4 Å². The topological polar surface area (TPSA) is 97.6 Å². The molecule has 4 rings (SSSR count). The third-order valence-electron chi connectivity index (χ3n) is 4.94. The average Bonchev–Trinajstić information content (AvgIpc) is 2.78. The van der Waals surface area contributed by atoms with Crippen molar-refractivity contribution in [1.29, 1.82) is 0 Å². The lowest BCUT2D eigenvalue weighted by atomic mass is 10.0. The summed E-state index contributed by atoms with van der Waals surface area (Å²) in [5.74, 6) is 0.343. The minimum Gasteiger partial charge on any atom is -0.484 e. The Labute approximate surface area is 190 Å². The molecule has 0 spiro atoms. The van der Waals surface area contributed by atoms with Gasteiger partial charge in [0.1, 0.15) is 17.1 Å². The summed E-state index contributed by atoms with van der Waals surface area (Å²) in [7, 11) is 0. The zero-order valence-corrected chi connectivity index (χ0v) is 18.2. The van der Waals surface area contributed by atoms with Crippen LogP contribution in [0, 0.1) is 6.92 Å². The van der Waals surface area contributed by atoms with Gasteiger partial charge in [0.05, 0.1) is 10.9 Å². The Hall–Kier alpha value is -4.39. The van der Waals surface area contributed by atoms with E-state index < -0.39 is 0 Å². The molecule has 4 aromatic rings. The van der Waals surface area contributed by atoms with Gasteiger partial charge >= 0.3 is 0 Å². The van der Waals surface area contributed by atoms with E-state index in [0.29, 0.717) is 39.4 Å². The molecule has 2 N–H and O–H groups in total. The first-order valence-corrected chi connectivity index (χ1v) is 10.3.